The zero-order valence-corrected chi connectivity index (χ0v) is 18.1. The summed E-state index contributed by atoms with van der Waals surface area (Å²) >= 11 is 0. The van der Waals surface area contributed by atoms with E-state index in [0.717, 1.165) is 36.1 Å². The monoisotopic (exact) mass is 435 g/mol. The van der Waals surface area contributed by atoms with Gasteiger partial charge in [-0.05, 0) is 49.9 Å². The van der Waals surface area contributed by atoms with Gasteiger partial charge in [0, 0.05) is 24.6 Å². The summed E-state index contributed by atoms with van der Waals surface area (Å²) in [5, 5.41) is 5.49. The fourth-order valence-electron chi connectivity index (χ4n) is 4.79. The van der Waals surface area contributed by atoms with E-state index in [0.29, 0.717) is 22.7 Å². The quantitative estimate of drug-likeness (QED) is 0.717. The number of benzene rings is 2. The van der Waals surface area contributed by atoms with Crippen LogP contribution in [0.2, 0.25) is 0 Å². The van der Waals surface area contributed by atoms with Gasteiger partial charge < -0.3 is 20.1 Å². The molecule has 1 saturated heterocycles. The molecule has 2 fully saturated rings. The Hall–Kier alpha value is -3.55. The molecule has 0 bridgehead atoms. The Kier molecular flexibility index (Phi) is 4.62. The van der Waals surface area contributed by atoms with Crippen molar-refractivity contribution in [3.63, 3.8) is 0 Å². The number of amides is 4. The molecule has 2 heterocycles. The van der Waals surface area contributed by atoms with Gasteiger partial charge in [-0.3, -0.25) is 14.5 Å². The van der Waals surface area contributed by atoms with Gasteiger partial charge in [-0.25, -0.2) is 4.79 Å². The molecular formula is C24H25N3O5. The Morgan fingerprint density at radius 3 is 2.56 bits per heavy atom. The number of hydrogen-bond acceptors (Lipinski definition) is 5. The van der Waals surface area contributed by atoms with Crippen molar-refractivity contribution in [2.45, 2.75) is 50.9 Å². The third-order valence-corrected chi connectivity index (χ3v) is 6.45. The highest BCUT2D eigenvalue weighted by Gasteiger charge is 2.50. The molecule has 1 atom stereocenters. The molecule has 3 aliphatic rings. The molecule has 2 N–H and O–H groups in total. The first-order chi connectivity index (χ1) is 15.3. The van der Waals surface area contributed by atoms with E-state index in [1.807, 2.05) is 25.1 Å². The molecule has 0 radical (unpaired) electrons. The second kappa shape index (κ2) is 7.25. The maximum atomic E-state index is 13.1. The van der Waals surface area contributed by atoms with Crippen molar-refractivity contribution in [1.29, 1.82) is 0 Å². The van der Waals surface area contributed by atoms with Crippen molar-refractivity contribution < 1.29 is 23.9 Å². The van der Waals surface area contributed by atoms with E-state index >= 15 is 0 Å². The van der Waals surface area contributed by atoms with E-state index < -0.39 is 29.2 Å². The van der Waals surface area contributed by atoms with E-state index in [1.54, 1.807) is 31.2 Å². The van der Waals surface area contributed by atoms with E-state index in [9.17, 15) is 14.4 Å². The van der Waals surface area contributed by atoms with Crippen LogP contribution in [0.5, 0.6) is 11.5 Å². The minimum Gasteiger partial charge on any atom is -0.448 e. The fraction of sp³-hybridized carbons (Fsp3) is 0.375. The van der Waals surface area contributed by atoms with Gasteiger partial charge in [0.25, 0.3) is 11.7 Å². The summed E-state index contributed by atoms with van der Waals surface area (Å²) in [6.07, 6.45) is 3.81. The van der Waals surface area contributed by atoms with Crippen LogP contribution in [0.4, 0.5) is 10.5 Å². The predicted molar refractivity (Wildman–Crippen MR) is 116 cm³/mol. The van der Waals surface area contributed by atoms with Gasteiger partial charge >= 0.3 is 6.03 Å². The Morgan fingerprint density at radius 1 is 1.09 bits per heavy atom. The lowest BCUT2D eigenvalue weighted by molar-refractivity contribution is -0.133. The molecule has 5 rings (SSSR count). The first-order valence-corrected chi connectivity index (χ1v) is 10.8. The number of rotatable bonds is 4. The first kappa shape index (κ1) is 20.4. The fourth-order valence-corrected chi connectivity index (χ4v) is 4.79. The van der Waals surface area contributed by atoms with Gasteiger partial charge in [-0.15, -0.1) is 0 Å². The molecule has 4 amide bonds. The summed E-state index contributed by atoms with van der Waals surface area (Å²) in [4.78, 5) is 39.3. The Balaban J connectivity index is 1.28. The zero-order valence-electron chi connectivity index (χ0n) is 18.1. The predicted octanol–water partition coefficient (Wildman–Crippen LogP) is 3.44. The van der Waals surface area contributed by atoms with E-state index in [4.69, 9.17) is 9.47 Å². The van der Waals surface area contributed by atoms with Crippen LogP contribution in [0.25, 0.3) is 0 Å². The Labute approximate surface area is 185 Å². The lowest BCUT2D eigenvalue weighted by Crippen LogP contribution is -2.42. The van der Waals surface area contributed by atoms with Gasteiger partial charge in [0.05, 0.1) is 0 Å². The van der Waals surface area contributed by atoms with Crippen LogP contribution in [-0.4, -0.2) is 35.1 Å². The molecule has 8 heteroatoms. The molecule has 166 valence electrons. The SMILES string of the molecule is Cc1ccccc1C1(C)NC(=O)N(CC(=O)Nc2ccc3c(c2)OC2(CCCC2)O3)C1=O. The molecule has 32 heavy (non-hydrogen) atoms. The molecule has 8 nitrogen and oxygen atoms in total. The second-order valence-electron chi connectivity index (χ2n) is 8.79. The highest BCUT2D eigenvalue weighted by atomic mass is 16.7. The van der Waals surface area contributed by atoms with Crippen LogP contribution in [-0.2, 0) is 15.1 Å². The molecule has 2 aromatic carbocycles. The number of carbonyl (C=O) groups excluding carboxylic acids is 3. The number of imide groups is 1. The number of aryl methyl sites for hydroxylation is 1. The molecule has 1 unspecified atom stereocenters. The van der Waals surface area contributed by atoms with Crippen molar-refractivity contribution in [2.75, 3.05) is 11.9 Å². The third-order valence-electron chi connectivity index (χ3n) is 6.45. The highest BCUT2D eigenvalue weighted by molar-refractivity contribution is 6.10. The maximum absolute atomic E-state index is 13.1. The third kappa shape index (κ3) is 3.26. The number of nitrogens with zero attached hydrogens (tertiary/aromatic N) is 1. The van der Waals surface area contributed by atoms with Crippen LogP contribution >= 0.6 is 0 Å². The summed E-state index contributed by atoms with van der Waals surface area (Å²) in [7, 11) is 0. The zero-order chi connectivity index (χ0) is 22.5. The lowest BCUT2D eigenvalue weighted by atomic mass is 9.88. The van der Waals surface area contributed by atoms with E-state index in [1.165, 1.54) is 0 Å². The summed E-state index contributed by atoms with van der Waals surface area (Å²) in [6.45, 7) is 3.15. The van der Waals surface area contributed by atoms with E-state index in [-0.39, 0.29) is 6.54 Å². The Morgan fingerprint density at radius 2 is 1.81 bits per heavy atom. The average molecular weight is 435 g/mol. The number of hydrogen-bond donors (Lipinski definition) is 2. The van der Waals surface area contributed by atoms with Crippen molar-refractivity contribution >= 4 is 23.5 Å². The number of carbonyl (C=O) groups is 3. The van der Waals surface area contributed by atoms with Crippen molar-refractivity contribution in [2.24, 2.45) is 0 Å². The lowest BCUT2D eigenvalue weighted by Gasteiger charge is -2.24. The van der Waals surface area contributed by atoms with Crippen LogP contribution in [0.3, 0.4) is 0 Å². The smallest absolute Gasteiger partial charge is 0.325 e. The van der Waals surface area contributed by atoms with Gasteiger partial charge in [0.1, 0.15) is 12.1 Å². The van der Waals surface area contributed by atoms with Crippen LogP contribution < -0.4 is 20.1 Å². The molecular weight excluding hydrogens is 410 g/mol. The van der Waals surface area contributed by atoms with Gasteiger partial charge in [-0.1, -0.05) is 24.3 Å². The number of ether oxygens (including phenoxy) is 2. The van der Waals surface area contributed by atoms with Gasteiger partial charge in [-0.2, -0.15) is 0 Å². The standard InChI is InChI=1S/C24H25N3O5/c1-15-7-3-4-8-17(15)23(2)21(29)27(22(30)26-23)14-20(28)25-16-9-10-18-19(13-16)32-24(31-18)11-5-6-12-24/h3-4,7-10,13H,5-6,11-12,14H2,1-2H3,(H,25,28)(H,26,30). The van der Waals surface area contributed by atoms with Crippen molar-refractivity contribution in [3.8, 4) is 11.5 Å². The molecule has 1 aliphatic carbocycles. The number of fused-ring (bicyclic) bond motifs is 1. The number of nitrogens with one attached hydrogen (secondary N) is 2. The Bertz CT molecular complexity index is 1120. The van der Waals surface area contributed by atoms with Crippen LogP contribution in [0.15, 0.2) is 42.5 Å². The minimum atomic E-state index is -1.21. The molecule has 1 saturated carbocycles. The molecule has 1 spiro atoms. The normalized spacial score (nSPS) is 23.0. The molecule has 0 aromatic heterocycles. The van der Waals surface area contributed by atoms with Crippen molar-refractivity contribution in [1.82, 2.24) is 10.2 Å². The second-order valence-corrected chi connectivity index (χ2v) is 8.79. The van der Waals surface area contributed by atoms with Crippen LogP contribution in [0, 0.1) is 6.92 Å². The summed E-state index contributed by atoms with van der Waals surface area (Å²) in [5.74, 6) is -0.261. The highest BCUT2D eigenvalue weighted by Crippen LogP contribution is 2.47. The topological polar surface area (TPSA) is 97.0 Å². The number of anilines is 1. The van der Waals surface area contributed by atoms with E-state index in [2.05, 4.69) is 10.6 Å². The maximum Gasteiger partial charge on any atom is 0.325 e. The first-order valence-electron chi connectivity index (χ1n) is 10.8. The van der Waals surface area contributed by atoms with Crippen LogP contribution in [0.1, 0.15) is 43.7 Å². The minimum absolute atomic E-state index is 0.384. The summed E-state index contributed by atoms with van der Waals surface area (Å²) < 4.78 is 12.0. The number of urea groups is 1. The summed E-state index contributed by atoms with van der Waals surface area (Å²) in [6, 6.07) is 12.0. The average Bonchev–Trinajstić information content (AvgIpc) is 3.41. The largest absolute Gasteiger partial charge is 0.448 e. The van der Waals surface area contributed by atoms with Gasteiger partial charge in [0.15, 0.2) is 11.5 Å². The molecule has 2 aliphatic heterocycles. The summed E-state index contributed by atoms with van der Waals surface area (Å²) in [5.41, 5.74) is 0.895. The van der Waals surface area contributed by atoms with Gasteiger partial charge in [0.2, 0.25) is 5.91 Å². The molecule has 2 aromatic rings. The van der Waals surface area contributed by atoms with Crippen molar-refractivity contribution in [3.05, 3.63) is 53.6 Å².